The van der Waals surface area contributed by atoms with Crippen LogP contribution < -0.4 is 14.4 Å². The molecule has 0 saturated carbocycles. The predicted octanol–water partition coefficient (Wildman–Crippen LogP) is 3.47. The van der Waals surface area contributed by atoms with Gasteiger partial charge in [-0.25, -0.2) is 17.2 Å². The number of rotatable bonds is 8. The zero-order valence-electron chi connectivity index (χ0n) is 17.0. The standard InChI is InChI=1S/C22H22F2N2O4S/c1-15(26(31(2,28)29)17-10-11-19(23)20(24)14-17)22(27)25-12-13-30-21-9-5-7-16-6-3-4-8-18(16)21/h3-11,14-15H,12-13H2,1-2H3,(H,25,27)/t15-/m0/s1. The quantitative estimate of drug-likeness (QED) is 0.536. The highest BCUT2D eigenvalue weighted by Crippen LogP contribution is 2.25. The Morgan fingerprint density at radius 1 is 1.06 bits per heavy atom. The van der Waals surface area contributed by atoms with Crippen molar-refractivity contribution in [2.24, 2.45) is 0 Å². The summed E-state index contributed by atoms with van der Waals surface area (Å²) in [5, 5.41) is 4.57. The lowest BCUT2D eigenvalue weighted by atomic mass is 10.1. The SMILES string of the molecule is C[C@@H](C(=O)NCCOc1cccc2ccccc12)N(c1ccc(F)c(F)c1)S(C)(=O)=O. The van der Waals surface area contributed by atoms with Gasteiger partial charge in [0.15, 0.2) is 11.6 Å². The van der Waals surface area contributed by atoms with Crippen molar-refractivity contribution >= 4 is 32.4 Å². The van der Waals surface area contributed by atoms with E-state index in [9.17, 15) is 22.0 Å². The van der Waals surface area contributed by atoms with Crippen molar-refractivity contribution in [2.75, 3.05) is 23.7 Å². The molecule has 0 aromatic heterocycles. The second kappa shape index (κ2) is 9.30. The van der Waals surface area contributed by atoms with E-state index in [1.54, 1.807) is 0 Å². The van der Waals surface area contributed by atoms with Crippen molar-refractivity contribution in [3.63, 3.8) is 0 Å². The lowest BCUT2D eigenvalue weighted by Gasteiger charge is -2.28. The van der Waals surface area contributed by atoms with Gasteiger partial charge < -0.3 is 10.1 Å². The molecule has 0 bridgehead atoms. The molecular weight excluding hydrogens is 426 g/mol. The third-order valence-electron chi connectivity index (χ3n) is 4.65. The third-order valence-corrected chi connectivity index (χ3v) is 5.90. The Morgan fingerprint density at radius 2 is 1.77 bits per heavy atom. The summed E-state index contributed by atoms with van der Waals surface area (Å²) < 4.78 is 57.8. The Kier molecular flexibility index (Phi) is 6.74. The number of anilines is 1. The number of nitrogens with zero attached hydrogens (tertiary/aromatic N) is 1. The van der Waals surface area contributed by atoms with Gasteiger partial charge in [-0.15, -0.1) is 0 Å². The molecule has 0 heterocycles. The van der Waals surface area contributed by atoms with E-state index in [0.29, 0.717) is 5.75 Å². The van der Waals surface area contributed by atoms with Crippen LogP contribution in [-0.2, 0) is 14.8 Å². The van der Waals surface area contributed by atoms with Crippen molar-refractivity contribution in [2.45, 2.75) is 13.0 Å². The van der Waals surface area contributed by atoms with Crippen LogP contribution in [0.15, 0.2) is 60.7 Å². The number of ether oxygens (including phenoxy) is 1. The molecule has 0 aliphatic carbocycles. The minimum absolute atomic E-state index is 0.127. The number of sulfonamides is 1. The van der Waals surface area contributed by atoms with Crippen LogP contribution in [0, 0.1) is 11.6 Å². The van der Waals surface area contributed by atoms with Gasteiger partial charge in [0.05, 0.1) is 18.5 Å². The van der Waals surface area contributed by atoms with Crippen molar-refractivity contribution in [1.29, 1.82) is 0 Å². The second-order valence-electron chi connectivity index (χ2n) is 6.95. The molecule has 0 aliphatic rings. The minimum Gasteiger partial charge on any atom is -0.491 e. The number of halogens is 2. The number of hydrogen-bond donors (Lipinski definition) is 1. The van der Waals surface area contributed by atoms with Crippen molar-refractivity contribution in [1.82, 2.24) is 5.32 Å². The Hall–Kier alpha value is -3.20. The normalized spacial score (nSPS) is 12.4. The molecule has 9 heteroatoms. The van der Waals surface area contributed by atoms with Crippen LogP contribution in [0.2, 0.25) is 0 Å². The first kappa shape index (κ1) is 22.5. The molecule has 164 valence electrons. The molecule has 3 rings (SSSR count). The summed E-state index contributed by atoms with van der Waals surface area (Å²) in [4.78, 5) is 12.5. The zero-order valence-corrected chi connectivity index (χ0v) is 17.8. The molecule has 0 radical (unpaired) electrons. The van der Waals surface area contributed by atoms with Crippen LogP contribution >= 0.6 is 0 Å². The smallest absolute Gasteiger partial charge is 0.243 e. The number of fused-ring (bicyclic) bond motifs is 1. The van der Waals surface area contributed by atoms with Crippen LogP contribution in [0.25, 0.3) is 10.8 Å². The van der Waals surface area contributed by atoms with Gasteiger partial charge in [-0.1, -0.05) is 36.4 Å². The fraction of sp³-hybridized carbons (Fsp3) is 0.227. The first-order chi connectivity index (χ1) is 14.7. The maximum Gasteiger partial charge on any atom is 0.243 e. The van der Waals surface area contributed by atoms with Crippen LogP contribution in [0.1, 0.15) is 6.92 Å². The molecule has 3 aromatic rings. The molecule has 1 atom stereocenters. The lowest BCUT2D eigenvalue weighted by molar-refractivity contribution is -0.121. The van der Waals surface area contributed by atoms with E-state index in [2.05, 4.69) is 5.32 Å². The van der Waals surface area contributed by atoms with Crippen LogP contribution in [-0.4, -0.2) is 39.8 Å². The maximum absolute atomic E-state index is 13.6. The van der Waals surface area contributed by atoms with Gasteiger partial charge in [0.1, 0.15) is 18.4 Å². The van der Waals surface area contributed by atoms with Gasteiger partial charge in [-0.2, -0.15) is 0 Å². The molecule has 0 aliphatic heterocycles. The Morgan fingerprint density at radius 3 is 2.48 bits per heavy atom. The molecule has 3 aromatic carbocycles. The number of carbonyl (C=O) groups excluding carboxylic acids is 1. The monoisotopic (exact) mass is 448 g/mol. The van der Waals surface area contributed by atoms with Crippen molar-refractivity contribution < 1.29 is 26.7 Å². The maximum atomic E-state index is 13.6. The molecule has 1 N–H and O–H groups in total. The van der Waals surface area contributed by atoms with E-state index in [4.69, 9.17) is 4.74 Å². The average Bonchev–Trinajstić information content (AvgIpc) is 2.72. The van der Waals surface area contributed by atoms with Gasteiger partial charge in [0.2, 0.25) is 15.9 Å². The zero-order chi connectivity index (χ0) is 22.6. The van der Waals surface area contributed by atoms with E-state index in [-0.39, 0.29) is 18.8 Å². The Labute approximate surface area is 179 Å². The summed E-state index contributed by atoms with van der Waals surface area (Å²) in [6.07, 6.45) is 0.891. The first-order valence-electron chi connectivity index (χ1n) is 9.51. The van der Waals surface area contributed by atoms with Gasteiger partial charge in [0.25, 0.3) is 0 Å². The highest BCUT2D eigenvalue weighted by Gasteiger charge is 2.29. The summed E-state index contributed by atoms with van der Waals surface area (Å²) in [6, 6.07) is 14.8. The molecule has 31 heavy (non-hydrogen) atoms. The van der Waals surface area contributed by atoms with Crippen molar-refractivity contribution in [3.8, 4) is 5.75 Å². The van der Waals surface area contributed by atoms with Crippen LogP contribution in [0.4, 0.5) is 14.5 Å². The van der Waals surface area contributed by atoms with Gasteiger partial charge in [-0.05, 0) is 30.5 Å². The highest BCUT2D eigenvalue weighted by atomic mass is 32.2. The van der Waals surface area contributed by atoms with Crippen LogP contribution in [0.3, 0.4) is 0 Å². The number of benzene rings is 3. The minimum atomic E-state index is -3.94. The first-order valence-corrected chi connectivity index (χ1v) is 11.4. The van der Waals surface area contributed by atoms with E-state index >= 15 is 0 Å². The van der Waals surface area contributed by atoms with E-state index < -0.39 is 33.6 Å². The highest BCUT2D eigenvalue weighted by molar-refractivity contribution is 7.92. The Balaban J connectivity index is 1.65. The molecule has 0 saturated heterocycles. The fourth-order valence-electron chi connectivity index (χ4n) is 3.24. The summed E-state index contributed by atoms with van der Waals surface area (Å²) >= 11 is 0. The van der Waals surface area contributed by atoms with E-state index in [0.717, 1.165) is 39.5 Å². The molecular formula is C22H22F2N2O4S. The summed E-state index contributed by atoms with van der Waals surface area (Å²) in [7, 11) is -3.94. The van der Waals surface area contributed by atoms with Crippen molar-refractivity contribution in [3.05, 3.63) is 72.3 Å². The summed E-state index contributed by atoms with van der Waals surface area (Å²) in [5.74, 6) is -2.25. The summed E-state index contributed by atoms with van der Waals surface area (Å²) in [5.41, 5.74) is -0.143. The number of carbonyl (C=O) groups is 1. The summed E-state index contributed by atoms with van der Waals surface area (Å²) in [6.45, 7) is 1.65. The average molecular weight is 448 g/mol. The van der Waals surface area contributed by atoms with Crippen LogP contribution in [0.5, 0.6) is 5.75 Å². The molecule has 1 amide bonds. The third kappa shape index (κ3) is 5.29. The molecule has 0 fully saturated rings. The number of amides is 1. The van der Waals surface area contributed by atoms with E-state index in [1.165, 1.54) is 6.92 Å². The largest absolute Gasteiger partial charge is 0.491 e. The van der Waals surface area contributed by atoms with E-state index in [1.807, 2.05) is 42.5 Å². The Bertz CT molecular complexity index is 1200. The number of hydrogen-bond acceptors (Lipinski definition) is 4. The molecule has 0 unspecified atom stereocenters. The number of nitrogens with one attached hydrogen (secondary N) is 1. The molecule has 0 spiro atoms. The van der Waals surface area contributed by atoms with Gasteiger partial charge >= 0.3 is 0 Å². The van der Waals surface area contributed by atoms with Gasteiger partial charge in [0, 0.05) is 11.5 Å². The lowest BCUT2D eigenvalue weighted by Crippen LogP contribution is -2.48. The topological polar surface area (TPSA) is 75.7 Å². The molecule has 6 nitrogen and oxygen atoms in total. The predicted molar refractivity (Wildman–Crippen MR) is 116 cm³/mol. The van der Waals surface area contributed by atoms with Gasteiger partial charge in [-0.3, -0.25) is 9.10 Å². The fourth-order valence-corrected chi connectivity index (χ4v) is 4.40. The second-order valence-corrected chi connectivity index (χ2v) is 8.81.